The van der Waals surface area contributed by atoms with Gasteiger partial charge in [0.1, 0.15) is 6.33 Å². The Kier molecular flexibility index (Phi) is 3.57. The molecule has 0 amide bonds. The van der Waals surface area contributed by atoms with E-state index in [1.54, 1.807) is 18.2 Å². The van der Waals surface area contributed by atoms with E-state index in [0.29, 0.717) is 0 Å². The summed E-state index contributed by atoms with van der Waals surface area (Å²) in [6.45, 7) is 3.78. The predicted octanol–water partition coefficient (Wildman–Crippen LogP) is 2.11. The molecular formula is C17H17N5O2S. The molecule has 0 fully saturated rings. The van der Waals surface area contributed by atoms with Crippen molar-refractivity contribution in [2.45, 2.75) is 31.2 Å². The molecule has 8 heteroatoms. The lowest BCUT2D eigenvalue weighted by Crippen LogP contribution is -2.35. The van der Waals surface area contributed by atoms with Crippen molar-refractivity contribution < 1.29 is 8.42 Å². The van der Waals surface area contributed by atoms with Crippen molar-refractivity contribution in [1.82, 2.24) is 20.2 Å². The van der Waals surface area contributed by atoms with Crippen LogP contribution in [0.1, 0.15) is 18.1 Å². The zero-order chi connectivity index (χ0) is 17.6. The van der Waals surface area contributed by atoms with Gasteiger partial charge in [0, 0.05) is 6.04 Å². The summed E-state index contributed by atoms with van der Waals surface area (Å²) in [6.07, 6.45) is 2.20. The number of fused-ring (bicyclic) bond motifs is 1. The molecule has 4 rings (SSSR count). The van der Waals surface area contributed by atoms with Crippen LogP contribution in [0.5, 0.6) is 0 Å². The van der Waals surface area contributed by atoms with Crippen molar-refractivity contribution in [2.75, 3.05) is 4.31 Å². The number of hydrogen-bond acceptors (Lipinski definition) is 5. The lowest BCUT2D eigenvalue weighted by Gasteiger charge is -2.24. The Labute approximate surface area is 146 Å². The zero-order valence-electron chi connectivity index (χ0n) is 13.9. The van der Waals surface area contributed by atoms with E-state index in [2.05, 4.69) is 15.5 Å². The Balaban J connectivity index is 1.78. The second-order valence-corrected chi connectivity index (χ2v) is 8.00. The number of sulfonamides is 1. The first-order valence-corrected chi connectivity index (χ1v) is 9.39. The second kappa shape index (κ2) is 5.66. The standard InChI is InChI=1S/C17H17N5O2S/c1-12-9-15(7-8-16(12)21-11-18-19-20-21)25(23,24)22-13(2)10-14-5-3-4-6-17(14)22/h3-9,11,13H,10H2,1-2H3/t13-/m0/s1. The Hall–Kier alpha value is -2.74. The Morgan fingerprint density at radius 1 is 1.12 bits per heavy atom. The number of rotatable bonds is 3. The summed E-state index contributed by atoms with van der Waals surface area (Å²) in [4.78, 5) is 0.269. The molecule has 0 aliphatic carbocycles. The van der Waals surface area contributed by atoms with Crippen molar-refractivity contribution in [1.29, 1.82) is 0 Å². The molecule has 0 unspecified atom stereocenters. The molecule has 0 saturated heterocycles. The maximum Gasteiger partial charge on any atom is 0.264 e. The van der Waals surface area contributed by atoms with E-state index in [9.17, 15) is 8.42 Å². The van der Waals surface area contributed by atoms with Crippen molar-refractivity contribution >= 4 is 15.7 Å². The van der Waals surface area contributed by atoms with E-state index in [0.717, 1.165) is 28.9 Å². The van der Waals surface area contributed by atoms with Crippen LogP contribution in [0, 0.1) is 6.92 Å². The smallest absolute Gasteiger partial charge is 0.263 e. The van der Waals surface area contributed by atoms with Gasteiger partial charge in [-0.05, 0) is 66.1 Å². The molecule has 1 aliphatic rings. The topological polar surface area (TPSA) is 81.0 Å². The van der Waals surface area contributed by atoms with Gasteiger partial charge in [0.25, 0.3) is 10.0 Å². The van der Waals surface area contributed by atoms with Crippen molar-refractivity contribution in [3.63, 3.8) is 0 Å². The Bertz CT molecular complexity index is 1030. The summed E-state index contributed by atoms with van der Waals surface area (Å²) in [5.74, 6) is 0. The monoisotopic (exact) mass is 355 g/mol. The minimum absolute atomic E-state index is 0.109. The molecule has 1 aromatic heterocycles. The molecule has 0 saturated carbocycles. The number of benzene rings is 2. The van der Waals surface area contributed by atoms with E-state index >= 15 is 0 Å². The third-order valence-corrected chi connectivity index (χ3v) is 6.39. The number of hydrogen-bond donors (Lipinski definition) is 0. The third kappa shape index (κ3) is 2.49. The van der Waals surface area contributed by atoms with Gasteiger partial charge in [0.15, 0.2) is 0 Å². The molecule has 0 spiro atoms. The van der Waals surface area contributed by atoms with Crippen molar-refractivity contribution in [3.8, 4) is 5.69 Å². The number of nitrogens with zero attached hydrogens (tertiary/aromatic N) is 5. The SMILES string of the molecule is Cc1cc(S(=O)(=O)N2c3ccccc3C[C@@H]2C)ccc1-n1cnnn1. The molecule has 7 nitrogen and oxygen atoms in total. The molecule has 2 aromatic carbocycles. The molecule has 0 bridgehead atoms. The normalized spacial score (nSPS) is 16.9. The number of aryl methyl sites for hydroxylation is 1. The quantitative estimate of drug-likeness (QED) is 0.719. The van der Waals surface area contributed by atoms with Crippen LogP contribution >= 0.6 is 0 Å². The third-order valence-electron chi connectivity index (χ3n) is 4.47. The zero-order valence-corrected chi connectivity index (χ0v) is 14.7. The number of tetrazole rings is 1. The molecule has 1 aliphatic heterocycles. The van der Waals surface area contributed by atoms with Gasteiger partial charge in [-0.15, -0.1) is 5.10 Å². The first-order valence-electron chi connectivity index (χ1n) is 7.95. The maximum atomic E-state index is 13.2. The van der Waals surface area contributed by atoms with Crippen LogP contribution in [0.15, 0.2) is 53.7 Å². The van der Waals surface area contributed by atoms with Gasteiger partial charge in [-0.1, -0.05) is 18.2 Å². The molecule has 2 heterocycles. The highest BCUT2D eigenvalue weighted by Crippen LogP contribution is 2.36. The first kappa shape index (κ1) is 15.8. The first-order chi connectivity index (χ1) is 12.0. The predicted molar refractivity (Wildman–Crippen MR) is 93.2 cm³/mol. The Morgan fingerprint density at radius 3 is 2.64 bits per heavy atom. The minimum Gasteiger partial charge on any atom is -0.263 e. The van der Waals surface area contributed by atoms with Crippen LogP contribution in [0.2, 0.25) is 0 Å². The van der Waals surface area contributed by atoms with Gasteiger partial charge in [-0.25, -0.2) is 13.1 Å². The van der Waals surface area contributed by atoms with Crippen LogP contribution in [0.3, 0.4) is 0 Å². The van der Waals surface area contributed by atoms with Crippen LogP contribution in [-0.4, -0.2) is 34.7 Å². The van der Waals surface area contributed by atoms with Gasteiger partial charge in [0.05, 0.1) is 16.3 Å². The number of para-hydroxylation sites is 1. The fourth-order valence-electron chi connectivity index (χ4n) is 3.33. The van der Waals surface area contributed by atoms with Crippen LogP contribution in [0.4, 0.5) is 5.69 Å². The van der Waals surface area contributed by atoms with Gasteiger partial charge in [-0.2, -0.15) is 0 Å². The van der Waals surface area contributed by atoms with Gasteiger partial charge in [-0.3, -0.25) is 4.31 Å². The summed E-state index contributed by atoms with van der Waals surface area (Å²) in [6, 6.07) is 12.5. The van der Waals surface area contributed by atoms with Gasteiger partial charge in [0.2, 0.25) is 0 Å². The van der Waals surface area contributed by atoms with E-state index in [-0.39, 0.29) is 10.9 Å². The second-order valence-electron chi connectivity index (χ2n) is 6.19. The fraction of sp³-hybridized carbons (Fsp3) is 0.235. The average molecular weight is 355 g/mol. The van der Waals surface area contributed by atoms with E-state index < -0.39 is 10.0 Å². The van der Waals surface area contributed by atoms with E-state index in [1.807, 2.05) is 38.1 Å². The number of aromatic nitrogens is 4. The fourth-order valence-corrected chi connectivity index (χ4v) is 5.11. The molecule has 25 heavy (non-hydrogen) atoms. The van der Waals surface area contributed by atoms with Crippen LogP contribution < -0.4 is 4.31 Å². The maximum absolute atomic E-state index is 13.2. The average Bonchev–Trinajstić information content (AvgIpc) is 3.21. The molecule has 128 valence electrons. The summed E-state index contributed by atoms with van der Waals surface area (Å²) in [5, 5.41) is 11.1. The highest BCUT2D eigenvalue weighted by atomic mass is 32.2. The van der Waals surface area contributed by atoms with Crippen LogP contribution in [-0.2, 0) is 16.4 Å². The lowest BCUT2D eigenvalue weighted by atomic mass is 10.1. The molecule has 0 radical (unpaired) electrons. The van der Waals surface area contributed by atoms with Crippen molar-refractivity contribution in [2.24, 2.45) is 0 Å². The summed E-state index contributed by atoms with van der Waals surface area (Å²) < 4.78 is 29.5. The molecule has 1 atom stereocenters. The summed E-state index contributed by atoms with van der Waals surface area (Å²) >= 11 is 0. The van der Waals surface area contributed by atoms with E-state index in [1.165, 1.54) is 15.3 Å². The summed E-state index contributed by atoms with van der Waals surface area (Å²) in [7, 11) is -3.64. The molecule has 3 aromatic rings. The van der Waals surface area contributed by atoms with Crippen LogP contribution in [0.25, 0.3) is 5.69 Å². The van der Waals surface area contributed by atoms with Crippen molar-refractivity contribution in [3.05, 3.63) is 59.9 Å². The molecular weight excluding hydrogens is 338 g/mol. The van der Waals surface area contributed by atoms with Gasteiger partial charge >= 0.3 is 0 Å². The molecule has 0 N–H and O–H groups in total. The van der Waals surface area contributed by atoms with Gasteiger partial charge < -0.3 is 0 Å². The largest absolute Gasteiger partial charge is 0.264 e. The number of anilines is 1. The highest BCUT2D eigenvalue weighted by molar-refractivity contribution is 7.92. The Morgan fingerprint density at radius 2 is 1.92 bits per heavy atom. The minimum atomic E-state index is -3.64. The van der Waals surface area contributed by atoms with E-state index in [4.69, 9.17) is 0 Å². The highest BCUT2D eigenvalue weighted by Gasteiger charge is 2.35. The lowest BCUT2D eigenvalue weighted by molar-refractivity contribution is 0.584. The summed E-state index contributed by atoms with van der Waals surface area (Å²) in [5.41, 5.74) is 3.35.